The third kappa shape index (κ3) is 5.06. The molecule has 3 aromatic carbocycles. The molecule has 1 aliphatic rings. The zero-order valence-corrected chi connectivity index (χ0v) is 19.9. The van der Waals surface area contributed by atoms with Crippen molar-refractivity contribution in [2.75, 3.05) is 36.4 Å². The highest BCUT2D eigenvalue weighted by atomic mass is 16.4. The quantitative estimate of drug-likeness (QED) is 0.505. The Morgan fingerprint density at radius 1 is 0.882 bits per heavy atom. The highest BCUT2D eigenvalue weighted by molar-refractivity contribution is 6.09. The van der Waals surface area contributed by atoms with Crippen LogP contribution in [0.15, 0.2) is 66.7 Å². The van der Waals surface area contributed by atoms with Crippen LogP contribution < -0.4 is 10.2 Å². The summed E-state index contributed by atoms with van der Waals surface area (Å²) in [6.07, 6.45) is -0.871. The van der Waals surface area contributed by atoms with Crippen molar-refractivity contribution in [2.24, 2.45) is 0 Å². The van der Waals surface area contributed by atoms with Gasteiger partial charge in [0, 0.05) is 43.1 Å². The standard InChI is InChI=1S/C28H31N3O3/c1-19(2)21-7-9-22(10-8-21)26-20(3)5-4-6-25(26)27(32)29-23-11-13-24(14-12-23)30-15-17-31(18-16-30)28(33)34/h4-14,19H,15-18H2,1-3H3,(H,29,32)(H,33,34). The lowest BCUT2D eigenvalue weighted by Gasteiger charge is -2.34. The maximum Gasteiger partial charge on any atom is 0.407 e. The van der Waals surface area contributed by atoms with Crippen LogP contribution in [0.1, 0.15) is 41.3 Å². The highest BCUT2D eigenvalue weighted by Crippen LogP contribution is 2.30. The Labute approximate surface area is 200 Å². The summed E-state index contributed by atoms with van der Waals surface area (Å²) in [5.74, 6) is 0.312. The van der Waals surface area contributed by atoms with E-state index in [0.717, 1.165) is 28.1 Å². The number of benzene rings is 3. The fourth-order valence-corrected chi connectivity index (χ4v) is 4.38. The molecule has 3 aromatic rings. The van der Waals surface area contributed by atoms with Gasteiger partial charge >= 0.3 is 6.09 Å². The molecule has 0 aromatic heterocycles. The van der Waals surface area contributed by atoms with E-state index < -0.39 is 6.09 Å². The normalized spacial score (nSPS) is 13.8. The van der Waals surface area contributed by atoms with Crippen LogP contribution in [0.2, 0.25) is 0 Å². The number of anilines is 2. The Balaban J connectivity index is 1.49. The Bertz CT molecular complexity index is 1160. The van der Waals surface area contributed by atoms with Crippen LogP contribution in [0.3, 0.4) is 0 Å². The number of rotatable bonds is 5. The van der Waals surface area contributed by atoms with E-state index in [1.807, 2.05) is 49.4 Å². The Morgan fingerprint density at radius 2 is 1.53 bits per heavy atom. The summed E-state index contributed by atoms with van der Waals surface area (Å²) in [6.45, 7) is 8.65. The van der Waals surface area contributed by atoms with E-state index in [9.17, 15) is 9.59 Å². The summed E-state index contributed by atoms with van der Waals surface area (Å²) in [5, 5.41) is 12.2. The molecule has 6 nitrogen and oxygen atoms in total. The van der Waals surface area contributed by atoms with E-state index in [1.54, 1.807) is 0 Å². The Kier molecular flexibility index (Phi) is 6.87. The molecule has 0 atom stereocenters. The van der Waals surface area contributed by atoms with Gasteiger partial charge in [-0.2, -0.15) is 0 Å². The number of aryl methyl sites for hydroxylation is 1. The maximum atomic E-state index is 13.2. The Hall–Kier alpha value is -3.80. The van der Waals surface area contributed by atoms with E-state index in [-0.39, 0.29) is 5.91 Å². The van der Waals surface area contributed by atoms with Crippen molar-refractivity contribution in [3.8, 4) is 11.1 Å². The van der Waals surface area contributed by atoms with Crippen LogP contribution in [0.25, 0.3) is 11.1 Å². The van der Waals surface area contributed by atoms with Crippen molar-refractivity contribution in [3.63, 3.8) is 0 Å². The van der Waals surface area contributed by atoms with Crippen molar-refractivity contribution in [1.82, 2.24) is 4.90 Å². The van der Waals surface area contributed by atoms with E-state index in [1.165, 1.54) is 10.5 Å². The van der Waals surface area contributed by atoms with Crippen molar-refractivity contribution < 1.29 is 14.7 Å². The van der Waals surface area contributed by atoms with E-state index in [0.29, 0.717) is 37.7 Å². The number of hydrogen-bond acceptors (Lipinski definition) is 3. The molecule has 6 heteroatoms. The number of piperazine rings is 1. The smallest absolute Gasteiger partial charge is 0.407 e. The minimum absolute atomic E-state index is 0.144. The fraction of sp³-hybridized carbons (Fsp3) is 0.286. The van der Waals surface area contributed by atoms with Crippen LogP contribution in [0.5, 0.6) is 0 Å². The van der Waals surface area contributed by atoms with Gasteiger partial charge in [-0.15, -0.1) is 0 Å². The maximum absolute atomic E-state index is 13.2. The number of carboxylic acid groups (broad SMARTS) is 1. The number of hydrogen-bond donors (Lipinski definition) is 2. The predicted octanol–water partition coefficient (Wildman–Crippen LogP) is 5.84. The van der Waals surface area contributed by atoms with Gasteiger partial charge < -0.3 is 20.2 Å². The minimum Gasteiger partial charge on any atom is -0.465 e. The number of carbonyl (C=O) groups is 2. The van der Waals surface area contributed by atoms with Crippen LogP contribution in [-0.2, 0) is 0 Å². The summed E-state index contributed by atoms with van der Waals surface area (Å²) < 4.78 is 0. The number of nitrogens with zero attached hydrogens (tertiary/aromatic N) is 2. The van der Waals surface area contributed by atoms with E-state index >= 15 is 0 Å². The van der Waals surface area contributed by atoms with Crippen LogP contribution in [-0.4, -0.2) is 48.2 Å². The van der Waals surface area contributed by atoms with Crippen molar-refractivity contribution in [3.05, 3.63) is 83.4 Å². The second-order valence-corrected chi connectivity index (χ2v) is 9.03. The molecule has 1 fully saturated rings. The number of amides is 2. The van der Waals surface area contributed by atoms with Gasteiger partial charge in [0.2, 0.25) is 0 Å². The molecular formula is C28H31N3O3. The van der Waals surface area contributed by atoms with Crippen molar-refractivity contribution >= 4 is 23.4 Å². The lowest BCUT2D eigenvalue weighted by Crippen LogP contribution is -2.48. The molecule has 0 saturated carbocycles. The zero-order valence-electron chi connectivity index (χ0n) is 19.9. The van der Waals surface area contributed by atoms with Crippen molar-refractivity contribution in [2.45, 2.75) is 26.7 Å². The molecule has 1 aliphatic heterocycles. The van der Waals surface area contributed by atoms with Gasteiger partial charge in [0.05, 0.1) is 0 Å². The first kappa shape index (κ1) is 23.4. The largest absolute Gasteiger partial charge is 0.465 e. The first-order valence-corrected chi connectivity index (χ1v) is 11.7. The molecule has 0 unspecified atom stereocenters. The first-order chi connectivity index (χ1) is 16.3. The molecule has 2 N–H and O–H groups in total. The second-order valence-electron chi connectivity index (χ2n) is 9.03. The average Bonchev–Trinajstić information content (AvgIpc) is 2.84. The van der Waals surface area contributed by atoms with Gasteiger partial charge in [0.1, 0.15) is 0 Å². The molecular weight excluding hydrogens is 426 g/mol. The lowest BCUT2D eigenvalue weighted by atomic mass is 9.92. The van der Waals surface area contributed by atoms with Crippen molar-refractivity contribution in [1.29, 1.82) is 0 Å². The molecule has 176 valence electrons. The highest BCUT2D eigenvalue weighted by Gasteiger charge is 2.21. The topological polar surface area (TPSA) is 72.9 Å². The molecule has 0 aliphatic carbocycles. The van der Waals surface area contributed by atoms with Gasteiger partial charge in [-0.3, -0.25) is 4.79 Å². The van der Waals surface area contributed by atoms with E-state index in [4.69, 9.17) is 5.11 Å². The van der Waals surface area contributed by atoms with Gasteiger partial charge in [-0.1, -0.05) is 50.2 Å². The molecule has 1 heterocycles. The fourth-order valence-electron chi connectivity index (χ4n) is 4.38. The molecule has 1 saturated heterocycles. The molecule has 0 radical (unpaired) electrons. The monoisotopic (exact) mass is 457 g/mol. The van der Waals surface area contributed by atoms with Crippen LogP contribution >= 0.6 is 0 Å². The summed E-state index contributed by atoms with van der Waals surface area (Å²) in [6, 6.07) is 22.0. The number of nitrogens with one attached hydrogen (secondary N) is 1. The molecule has 4 rings (SSSR count). The SMILES string of the molecule is Cc1cccc(C(=O)Nc2ccc(N3CCN(C(=O)O)CC3)cc2)c1-c1ccc(C(C)C)cc1. The molecule has 0 spiro atoms. The average molecular weight is 458 g/mol. The van der Waals surface area contributed by atoms with Gasteiger partial charge in [-0.05, 0) is 65.4 Å². The second kappa shape index (κ2) is 10.00. The lowest BCUT2D eigenvalue weighted by molar-refractivity contribution is 0.102. The van der Waals surface area contributed by atoms with Crippen LogP contribution in [0, 0.1) is 6.92 Å². The summed E-state index contributed by atoms with van der Waals surface area (Å²) >= 11 is 0. The predicted molar refractivity (Wildman–Crippen MR) is 137 cm³/mol. The van der Waals surface area contributed by atoms with E-state index in [2.05, 4.69) is 48.3 Å². The third-order valence-corrected chi connectivity index (χ3v) is 6.42. The third-order valence-electron chi connectivity index (χ3n) is 6.42. The van der Waals surface area contributed by atoms with Gasteiger partial charge in [0.15, 0.2) is 0 Å². The zero-order chi connectivity index (χ0) is 24.2. The Morgan fingerprint density at radius 3 is 2.12 bits per heavy atom. The summed E-state index contributed by atoms with van der Waals surface area (Å²) in [7, 11) is 0. The first-order valence-electron chi connectivity index (χ1n) is 11.7. The molecule has 2 amide bonds. The van der Waals surface area contributed by atoms with Gasteiger partial charge in [0.25, 0.3) is 5.91 Å². The molecule has 0 bridgehead atoms. The molecule has 34 heavy (non-hydrogen) atoms. The summed E-state index contributed by atoms with van der Waals surface area (Å²) in [4.78, 5) is 27.9. The van der Waals surface area contributed by atoms with Gasteiger partial charge in [-0.25, -0.2) is 4.79 Å². The number of carbonyl (C=O) groups excluding carboxylic acids is 1. The minimum atomic E-state index is -0.871. The summed E-state index contributed by atoms with van der Waals surface area (Å²) in [5.41, 5.74) is 6.69. The van der Waals surface area contributed by atoms with Crippen LogP contribution in [0.4, 0.5) is 16.2 Å².